The summed E-state index contributed by atoms with van der Waals surface area (Å²) in [7, 11) is 3.17. The number of rotatable bonds is 13. The molecule has 3 aromatic rings. The third-order valence-electron chi connectivity index (χ3n) is 5.96. The third kappa shape index (κ3) is 7.99. The van der Waals surface area contributed by atoms with E-state index in [-0.39, 0.29) is 30.3 Å². The number of nitrogens with one attached hydrogen (secondary N) is 2. The molecule has 2 atom stereocenters. The average Bonchev–Trinajstić information content (AvgIpc) is 3.43. The number of amides is 2. The second-order valence-corrected chi connectivity index (χ2v) is 8.83. The Labute approximate surface area is 222 Å². The van der Waals surface area contributed by atoms with Crippen LogP contribution in [0.3, 0.4) is 0 Å². The minimum Gasteiger partial charge on any atom is -0.464 e. The van der Waals surface area contributed by atoms with E-state index in [1.807, 2.05) is 54.6 Å². The minimum absolute atomic E-state index is 0.0172. The van der Waals surface area contributed by atoms with Crippen LogP contribution in [-0.4, -0.2) is 84.0 Å². The van der Waals surface area contributed by atoms with Crippen molar-refractivity contribution in [3.63, 3.8) is 0 Å². The van der Waals surface area contributed by atoms with Gasteiger partial charge in [-0.3, -0.25) is 14.7 Å². The lowest BCUT2D eigenvalue weighted by molar-refractivity contribution is -0.153. The van der Waals surface area contributed by atoms with Crippen molar-refractivity contribution in [1.82, 2.24) is 20.4 Å². The lowest BCUT2D eigenvalue weighted by Gasteiger charge is -2.21. The first-order valence-electron chi connectivity index (χ1n) is 12.4. The largest absolute Gasteiger partial charge is 0.464 e. The SMILES string of the molecule is CCOC(=O)[C@@H](O)C[C@@H](Cc1ccc(-c2ccccc2)cc1)NC(=O)c1cc(C(=O)N(C)CCOC)[nH]n1. The number of aliphatic hydroxyl groups excluding tert-OH is 1. The summed E-state index contributed by atoms with van der Waals surface area (Å²) in [5.74, 6) is -1.62. The summed E-state index contributed by atoms with van der Waals surface area (Å²) in [5, 5.41) is 19.8. The molecule has 0 bridgehead atoms. The Morgan fingerprint density at radius 2 is 1.76 bits per heavy atom. The fourth-order valence-corrected chi connectivity index (χ4v) is 3.89. The fourth-order valence-electron chi connectivity index (χ4n) is 3.89. The van der Waals surface area contributed by atoms with Crippen LogP contribution in [0.5, 0.6) is 0 Å². The number of carbonyl (C=O) groups is 3. The van der Waals surface area contributed by atoms with Crippen LogP contribution in [0.4, 0.5) is 0 Å². The Bertz CT molecular complexity index is 1200. The van der Waals surface area contributed by atoms with Crippen LogP contribution in [-0.2, 0) is 20.7 Å². The summed E-state index contributed by atoms with van der Waals surface area (Å²) < 4.78 is 9.91. The Balaban J connectivity index is 1.72. The quantitative estimate of drug-likeness (QED) is 0.294. The lowest BCUT2D eigenvalue weighted by Crippen LogP contribution is -2.41. The highest BCUT2D eigenvalue weighted by atomic mass is 16.5. The number of hydrogen-bond donors (Lipinski definition) is 3. The van der Waals surface area contributed by atoms with Crippen molar-refractivity contribution in [1.29, 1.82) is 0 Å². The van der Waals surface area contributed by atoms with Crippen molar-refractivity contribution in [2.75, 3.05) is 33.9 Å². The van der Waals surface area contributed by atoms with Crippen LogP contribution < -0.4 is 5.32 Å². The molecule has 0 aliphatic rings. The van der Waals surface area contributed by atoms with Crippen molar-refractivity contribution in [2.24, 2.45) is 0 Å². The van der Waals surface area contributed by atoms with E-state index >= 15 is 0 Å². The van der Waals surface area contributed by atoms with Crippen LogP contribution in [0.1, 0.15) is 39.9 Å². The molecule has 0 radical (unpaired) electrons. The molecule has 0 saturated carbocycles. The van der Waals surface area contributed by atoms with E-state index < -0.39 is 24.0 Å². The molecular formula is C28H34N4O6. The second kappa shape index (κ2) is 14.1. The van der Waals surface area contributed by atoms with Crippen molar-refractivity contribution >= 4 is 17.8 Å². The van der Waals surface area contributed by atoms with Gasteiger partial charge < -0.3 is 24.8 Å². The molecule has 2 amide bonds. The molecule has 3 rings (SSSR count). The number of methoxy groups -OCH3 is 1. The van der Waals surface area contributed by atoms with Gasteiger partial charge >= 0.3 is 5.97 Å². The van der Waals surface area contributed by atoms with Gasteiger partial charge in [0.05, 0.1) is 13.2 Å². The molecule has 0 spiro atoms. The van der Waals surface area contributed by atoms with Gasteiger partial charge in [-0.05, 0) is 30.0 Å². The van der Waals surface area contributed by atoms with Crippen molar-refractivity contribution in [3.05, 3.63) is 77.6 Å². The standard InChI is InChI=1S/C28H34N4O6/c1-4-38-28(36)25(33)17-22(16-19-10-12-21(13-11-19)20-8-6-5-7-9-20)29-26(34)23-18-24(31-30-23)27(35)32(2)14-15-37-3/h5-13,18,22,25,33H,4,14-17H2,1-3H3,(H,29,34)(H,30,31)/t22-,25+/m1/s1. The number of hydrogen-bond acceptors (Lipinski definition) is 7. The fraction of sp³-hybridized carbons (Fsp3) is 0.357. The predicted molar refractivity (Wildman–Crippen MR) is 142 cm³/mol. The molecule has 0 aliphatic carbocycles. The molecule has 1 aromatic heterocycles. The van der Waals surface area contributed by atoms with Gasteiger partial charge in [0, 0.05) is 39.2 Å². The lowest BCUT2D eigenvalue weighted by atomic mass is 9.97. The van der Waals surface area contributed by atoms with Gasteiger partial charge in [0.15, 0.2) is 11.8 Å². The van der Waals surface area contributed by atoms with E-state index in [1.54, 1.807) is 21.1 Å². The van der Waals surface area contributed by atoms with Gasteiger partial charge in [0.1, 0.15) is 5.69 Å². The van der Waals surface area contributed by atoms with E-state index in [0.29, 0.717) is 19.6 Å². The van der Waals surface area contributed by atoms with E-state index in [4.69, 9.17) is 9.47 Å². The van der Waals surface area contributed by atoms with E-state index in [0.717, 1.165) is 16.7 Å². The molecule has 38 heavy (non-hydrogen) atoms. The minimum atomic E-state index is -1.41. The van der Waals surface area contributed by atoms with Gasteiger partial charge in [0.2, 0.25) is 0 Å². The maximum absolute atomic E-state index is 13.0. The number of carbonyl (C=O) groups excluding carboxylic acids is 3. The van der Waals surface area contributed by atoms with Gasteiger partial charge in [-0.15, -0.1) is 0 Å². The highest BCUT2D eigenvalue weighted by Gasteiger charge is 2.25. The molecule has 0 aliphatic heterocycles. The first kappa shape index (κ1) is 28.5. The first-order chi connectivity index (χ1) is 18.3. The molecular weight excluding hydrogens is 488 g/mol. The third-order valence-corrected chi connectivity index (χ3v) is 5.96. The zero-order valence-electron chi connectivity index (χ0n) is 21.8. The van der Waals surface area contributed by atoms with Crippen LogP contribution in [0.15, 0.2) is 60.7 Å². The molecule has 0 fully saturated rings. The van der Waals surface area contributed by atoms with Gasteiger partial charge in [-0.2, -0.15) is 5.10 Å². The normalized spacial score (nSPS) is 12.4. The summed E-state index contributed by atoms with van der Waals surface area (Å²) in [4.78, 5) is 39.1. The summed E-state index contributed by atoms with van der Waals surface area (Å²) in [5.41, 5.74) is 3.21. The van der Waals surface area contributed by atoms with Crippen LogP contribution in [0, 0.1) is 0 Å². The highest BCUT2D eigenvalue weighted by Crippen LogP contribution is 2.20. The van der Waals surface area contributed by atoms with Crippen LogP contribution in [0.25, 0.3) is 11.1 Å². The number of aromatic amines is 1. The molecule has 1 heterocycles. The van der Waals surface area contributed by atoms with E-state index in [9.17, 15) is 19.5 Å². The van der Waals surface area contributed by atoms with Crippen molar-refractivity contribution in [2.45, 2.75) is 31.9 Å². The number of benzene rings is 2. The molecule has 3 N–H and O–H groups in total. The Hall–Kier alpha value is -4.02. The number of ether oxygens (including phenoxy) is 2. The predicted octanol–water partition coefficient (Wildman–Crippen LogP) is 2.45. The number of aliphatic hydroxyl groups is 1. The van der Waals surface area contributed by atoms with Crippen molar-refractivity contribution < 1.29 is 29.0 Å². The molecule has 0 saturated heterocycles. The number of aromatic nitrogens is 2. The molecule has 202 valence electrons. The summed E-state index contributed by atoms with van der Waals surface area (Å²) in [6.07, 6.45) is -1.11. The molecule has 0 unspecified atom stereocenters. The number of likely N-dealkylation sites (N-methyl/N-ethyl adjacent to an activating group) is 1. The number of H-pyrrole nitrogens is 1. The first-order valence-corrected chi connectivity index (χ1v) is 12.4. The van der Waals surface area contributed by atoms with Crippen molar-refractivity contribution in [3.8, 4) is 11.1 Å². The average molecular weight is 523 g/mol. The summed E-state index contributed by atoms with van der Waals surface area (Å²) in [6.45, 7) is 2.55. The maximum atomic E-state index is 13.0. The summed E-state index contributed by atoms with van der Waals surface area (Å²) >= 11 is 0. The number of esters is 1. The zero-order chi connectivity index (χ0) is 27.5. The monoisotopic (exact) mass is 522 g/mol. The topological polar surface area (TPSA) is 134 Å². The second-order valence-electron chi connectivity index (χ2n) is 8.83. The van der Waals surface area contributed by atoms with E-state index in [1.165, 1.54) is 11.0 Å². The Kier molecular flexibility index (Phi) is 10.6. The van der Waals surface area contributed by atoms with Crippen LogP contribution in [0.2, 0.25) is 0 Å². The van der Waals surface area contributed by atoms with Gasteiger partial charge in [0.25, 0.3) is 11.8 Å². The van der Waals surface area contributed by atoms with Gasteiger partial charge in [-0.1, -0.05) is 54.6 Å². The summed E-state index contributed by atoms with van der Waals surface area (Å²) in [6, 6.07) is 18.6. The smallest absolute Gasteiger partial charge is 0.335 e. The van der Waals surface area contributed by atoms with Crippen LogP contribution >= 0.6 is 0 Å². The highest BCUT2D eigenvalue weighted by molar-refractivity contribution is 5.97. The zero-order valence-corrected chi connectivity index (χ0v) is 21.8. The molecule has 10 heteroatoms. The van der Waals surface area contributed by atoms with E-state index in [2.05, 4.69) is 15.5 Å². The maximum Gasteiger partial charge on any atom is 0.335 e. The number of nitrogens with zero attached hydrogens (tertiary/aromatic N) is 2. The Morgan fingerprint density at radius 1 is 1.08 bits per heavy atom. The molecule has 2 aromatic carbocycles. The Morgan fingerprint density at radius 3 is 2.42 bits per heavy atom. The van der Waals surface area contributed by atoms with Gasteiger partial charge in [-0.25, -0.2) is 4.79 Å². The molecule has 10 nitrogen and oxygen atoms in total.